The summed E-state index contributed by atoms with van der Waals surface area (Å²) in [7, 11) is 0. The van der Waals surface area contributed by atoms with Crippen molar-refractivity contribution < 1.29 is 9.53 Å². The molecule has 0 aliphatic heterocycles. The van der Waals surface area contributed by atoms with Crippen LogP contribution in [0.4, 0.5) is 11.4 Å². The van der Waals surface area contributed by atoms with E-state index in [0.717, 1.165) is 11.1 Å². The van der Waals surface area contributed by atoms with E-state index in [2.05, 4.69) is 16.4 Å². The predicted octanol–water partition coefficient (Wildman–Crippen LogP) is 4.82. The van der Waals surface area contributed by atoms with Crippen LogP contribution in [0.5, 0.6) is 11.6 Å². The van der Waals surface area contributed by atoms with Crippen LogP contribution in [0, 0.1) is 18.3 Å². The van der Waals surface area contributed by atoms with Gasteiger partial charge in [0.1, 0.15) is 5.75 Å². The molecule has 3 aromatic rings. The van der Waals surface area contributed by atoms with Crippen LogP contribution in [-0.2, 0) is 5.41 Å². The molecule has 1 heterocycles. The summed E-state index contributed by atoms with van der Waals surface area (Å²) in [5, 5.41) is 12.2. The molecule has 3 N–H and O–H groups in total. The Hall–Kier alpha value is -3.85. The minimum absolute atomic E-state index is 0.263. The van der Waals surface area contributed by atoms with Gasteiger partial charge in [0, 0.05) is 23.4 Å². The molecule has 0 radical (unpaired) electrons. The number of rotatable bonds is 5. The number of benzene rings is 2. The van der Waals surface area contributed by atoms with Crippen molar-refractivity contribution in [2.24, 2.45) is 0 Å². The zero-order valence-electron chi connectivity index (χ0n) is 16.6. The fourth-order valence-electron chi connectivity index (χ4n) is 2.67. The Labute approximate surface area is 170 Å². The molecule has 0 saturated heterocycles. The Morgan fingerprint density at radius 3 is 2.66 bits per heavy atom. The number of amides is 1. The molecule has 0 bridgehead atoms. The summed E-state index contributed by atoms with van der Waals surface area (Å²) >= 11 is 0. The van der Waals surface area contributed by atoms with E-state index < -0.39 is 5.41 Å². The number of anilines is 2. The maximum Gasteiger partial charge on any atom is 0.255 e. The number of pyridine rings is 1. The Morgan fingerprint density at radius 2 is 1.97 bits per heavy atom. The van der Waals surface area contributed by atoms with E-state index in [0.29, 0.717) is 28.6 Å². The quantitative estimate of drug-likeness (QED) is 0.655. The van der Waals surface area contributed by atoms with E-state index in [4.69, 9.17) is 10.5 Å². The van der Waals surface area contributed by atoms with Crippen molar-refractivity contribution in [1.82, 2.24) is 4.98 Å². The Balaban J connectivity index is 1.80. The van der Waals surface area contributed by atoms with Crippen molar-refractivity contribution in [3.8, 4) is 17.7 Å². The highest BCUT2D eigenvalue weighted by Gasteiger charge is 2.21. The first kappa shape index (κ1) is 19.9. The zero-order valence-corrected chi connectivity index (χ0v) is 16.6. The number of aryl methyl sites for hydroxylation is 1. The molecule has 29 heavy (non-hydrogen) atoms. The summed E-state index contributed by atoms with van der Waals surface area (Å²) in [6, 6.07) is 18.1. The maximum atomic E-state index is 12.7. The first-order valence-electron chi connectivity index (χ1n) is 9.12. The van der Waals surface area contributed by atoms with Gasteiger partial charge in [-0.05, 0) is 56.2 Å². The van der Waals surface area contributed by atoms with E-state index in [9.17, 15) is 10.1 Å². The van der Waals surface area contributed by atoms with E-state index in [1.54, 1.807) is 42.5 Å². The molecular weight excluding hydrogens is 364 g/mol. The Kier molecular flexibility index (Phi) is 5.51. The highest BCUT2D eigenvalue weighted by molar-refractivity contribution is 6.04. The number of ether oxygens (including phenoxy) is 1. The summed E-state index contributed by atoms with van der Waals surface area (Å²) in [6.45, 7) is 5.55. The number of nitriles is 1. The normalized spacial score (nSPS) is 10.8. The molecule has 6 nitrogen and oxygen atoms in total. The van der Waals surface area contributed by atoms with Crippen LogP contribution in [-0.4, -0.2) is 10.9 Å². The lowest BCUT2D eigenvalue weighted by molar-refractivity contribution is 0.102. The number of carbonyl (C=O) groups is 1. The van der Waals surface area contributed by atoms with E-state index in [1.165, 1.54) is 6.20 Å². The molecule has 0 fully saturated rings. The topological polar surface area (TPSA) is 101 Å². The van der Waals surface area contributed by atoms with Crippen LogP contribution in [0.15, 0.2) is 60.8 Å². The molecule has 146 valence electrons. The van der Waals surface area contributed by atoms with Crippen molar-refractivity contribution in [3.63, 3.8) is 0 Å². The zero-order chi connectivity index (χ0) is 21.0. The monoisotopic (exact) mass is 386 g/mol. The summed E-state index contributed by atoms with van der Waals surface area (Å²) < 4.78 is 5.82. The third-order valence-corrected chi connectivity index (χ3v) is 4.55. The van der Waals surface area contributed by atoms with Gasteiger partial charge in [0.2, 0.25) is 5.88 Å². The lowest BCUT2D eigenvalue weighted by Gasteiger charge is -2.16. The van der Waals surface area contributed by atoms with Gasteiger partial charge in [-0.15, -0.1) is 0 Å². The number of aromatic nitrogens is 1. The smallest absolute Gasteiger partial charge is 0.255 e. The molecule has 0 atom stereocenters. The van der Waals surface area contributed by atoms with Crippen molar-refractivity contribution >= 4 is 17.3 Å². The van der Waals surface area contributed by atoms with Crippen LogP contribution in [0.1, 0.15) is 35.3 Å². The van der Waals surface area contributed by atoms with E-state index in [-0.39, 0.29) is 5.91 Å². The molecule has 1 aromatic heterocycles. The number of nitrogens with one attached hydrogen (secondary N) is 1. The fourth-order valence-corrected chi connectivity index (χ4v) is 2.67. The highest BCUT2D eigenvalue weighted by Crippen LogP contribution is 2.28. The molecule has 0 aliphatic carbocycles. The maximum absolute atomic E-state index is 12.7. The van der Waals surface area contributed by atoms with Crippen molar-refractivity contribution in [2.45, 2.75) is 26.2 Å². The Morgan fingerprint density at radius 1 is 1.17 bits per heavy atom. The molecular formula is C23H22N4O2. The second-order valence-electron chi connectivity index (χ2n) is 7.28. The SMILES string of the molecule is Cc1ccc(NC(=O)c2cccc(C(C)(C)C#N)c2)cc1Oc1ccc(N)cn1. The van der Waals surface area contributed by atoms with Crippen LogP contribution in [0.25, 0.3) is 0 Å². The summed E-state index contributed by atoms with van der Waals surface area (Å²) in [5.74, 6) is 0.734. The fraction of sp³-hybridized carbons (Fsp3) is 0.174. The second kappa shape index (κ2) is 8.03. The summed E-state index contributed by atoms with van der Waals surface area (Å²) in [4.78, 5) is 16.8. The molecule has 1 amide bonds. The van der Waals surface area contributed by atoms with Gasteiger partial charge < -0.3 is 15.8 Å². The van der Waals surface area contributed by atoms with Gasteiger partial charge in [-0.25, -0.2) is 4.98 Å². The van der Waals surface area contributed by atoms with Gasteiger partial charge in [-0.2, -0.15) is 5.26 Å². The van der Waals surface area contributed by atoms with E-state index in [1.807, 2.05) is 32.9 Å². The van der Waals surface area contributed by atoms with Gasteiger partial charge in [-0.3, -0.25) is 4.79 Å². The molecule has 0 unspecified atom stereocenters. The van der Waals surface area contributed by atoms with Gasteiger partial charge in [0.25, 0.3) is 5.91 Å². The predicted molar refractivity (Wildman–Crippen MR) is 113 cm³/mol. The highest BCUT2D eigenvalue weighted by atomic mass is 16.5. The number of hydrogen-bond acceptors (Lipinski definition) is 5. The van der Waals surface area contributed by atoms with Crippen LogP contribution >= 0.6 is 0 Å². The molecule has 6 heteroatoms. The lowest BCUT2D eigenvalue weighted by atomic mass is 9.85. The number of nitrogen functional groups attached to an aromatic ring is 1. The largest absolute Gasteiger partial charge is 0.439 e. The van der Waals surface area contributed by atoms with Crippen molar-refractivity contribution in [3.05, 3.63) is 77.5 Å². The average Bonchev–Trinajstić information content (AvgIpc) is 2.72. The number of nitrogens with two attached hydrogens (primary N) is 1. The number of hydrogen-bond donors (Lipinski definition) is 2. The van der Waals surface area contributed by atoms with Crippen LogP contribution < -0.4 is 15.8 Å². The molecule has 2 aromatic carbocycles. The van der Waals surface area contributed by atoms with Crippen molar-refractivity contribution in [2.75, 3.05) is 11.1 Å². The molecule has 0 spiro atoms. The van der Waals surface area contributed by atoms with Crippen LogP contribution in [0.3, 0.4) is 0 Å². The van der Waals surface area contributed by atoms with E-state index >= 15 is 0 Å². The standard InChI is InChI=1S/C23H22N4O2/c1-15-7-9-19(12-20(15)29-21-10-8-18(25)13-26-21)27-22(28)16-5-4-6-17(11-16)23(2,3)14-24/h4-13H,25H2,1-3H3,(H,27,28). The summed E-state index contributed by atoms with van der Waals surface area (Å²) in [5.41, 5.74) is 8.29. The van der Waals surface area contributed by atoms with Gasteiger partial charge in [0.15, 0.2) is 0 Å². The third kappa shape index (κ3) is 4.71. The van der Waals surface area contributed by atoms with Crippen molar-refractivity contribution in [1.29, 1.82) is 5.26 Å². The number of nitrogens with zero attached hydrogens (tertiary/aromatic N) is 2. The minimum atomic E-state index is -0.673. The molecule has 0 saturated carbocycles. The third-order valence-electron chi connectivity index (χ3n) is 4.55. The molecule has 3 rings (SSSR count). The number of carbonyl (C=O) groups excluding carboxylic acids is 1. The minimum Gasteiger partial charge on any atom is -0.439 e. The second-order valence-corrected chi connectivity index (χ2v) is 7.28. The lowest BCUT2D eigenvalue weighted by Crippen LogP contribution is -2.17. The van der Waals surface area contributed by atoms with Gasteiger partial charge >= 0.3 is 0 Å². The first-order chi connectivity index (χ1) is 13.8. The summed E-state index contributed by atoms with van der Waals surface area (Å²) in [6.07, 6.45) is 1.52. The van der Waals surface area contributed by atoms with Gasteiger partial charge in [0.05, 0.1) is 23.4 Å². The first-order valence-corrected chi connectivity index (χ1v) is 9.12. The average molecular weight is 386 g/mol. The van der Waals surface area contributed by atoms with Crippen LogP contribution in [0.2, 0.25) is 0 Å². The Bertz CT molecular complexity index is 1080. The van der Waals surface area contributed by atoms with Gasteiger partial charge in [-0.1, -0.05) is 18.2 Å². The molecule has 0 aliphatic rings.